The number of rotatable bonds is 6. The SMILES string of the molecule is CCOC(=O)N1c2ccc(C(F)(F)F)cc2C(N(Cc2cc(C(F)(F)F)cc(C(F)(F)F)c2)C(C)=O)CC1COC. The van der Waals surface area contributed by atoms with E-state index in [1.54, 1.807) is 0 Å². The average molecular weight is 600 g/mol. The van der Waals surface area contributed by atoms with E-state index in [2.05, 4.69) is 0 Å². The van der Waals surface area contributed by atoms with Gasteiger partial charge in [-0.05, 0) is 60.9 Å². The van der Waals surface area contributed by atoms with Crippen molar-refractivity contribution in [2.45, 2.75) is 57.4 Å². The third-order valence-electron chi connectivity index (χ3n) is 6.44. The largest absolute Gasteiger partial charge is 0.449 e. The van der Waals surface area contributed by atoms with Gasteiger partial charge < -0.3 is 14.4 Å². The van der Waals surface area contributed by atoms with E-state index in [4.69, 9.17) is 9.47 Å². The molecule has 2 amide bonds. The Hall–Kier alpha value is -3.49. The van der Waals surface area contributed by atoms with Crippen molar-refractivity contribution in [1.29, 1.82) is 0 Å². The third-order valence-corrected chi connectivity index (χ3v) is 6.44. The predicted molar refractivity (Wildman–Crippen MR) is 127 cm³/mol. The molecule has 2 aromatic carbocycles. The Bertz CT molecular complexity index is 1240. The highest BCUT2D eigenvalue weighted by molar-refractivity contribution is 5.90. The molecular formula is C26H25F9N2O4. The normalized spacial score (nSPS) is 17.7. The smallest absolute Gasteiger partial charge is 0.416 e. The molecule has 0 radical (unpaired) electrons. The van der Waals surface area contributed by atoms with Crippen LogP contribution in [0.25, 0.3) is 0 Å². The van der Waals surface area contributed by atoms with Crippen LogP contribution in [0.2, 0.25) is 0 Å². The van der Waals surface area contributed by atoms with Crippen molar-refractivity contribution in [3.8, 4) is 0 Å². The number of hydrogen-bond acceptors (Lipinski definition) is 4. The molecule has 41 heavy (non-hydrogen) atoms. The van der Waals surface area contributed by atoms with Crippen LogP contribution < -0.4 is 4.90 Å². The first-order valence-corrected chi connectivity index (χ1v) is 12.1. The van der Waals surface area contributed by atoms with Crippen molar-refractivity contribution in [3.05, 3.63) is 64.2 Å². The molecule has 2 atom stereocenters. The summed E-state index contributed by atoms with van der Waals surface area (Å²) in [7, 11) is 1.28. The van der Waals surface area contributed by atoms with Gasteiger partial charge in [-0.3, -0.25) is 9.69 Å². The summed E-state index contributed by atoms with van der Waals surface area (Å²) in [4.78, 5) is 27.6. The van der Waals surface area contributed by atoms with Crippen LogP contribution in [0.4, 0.5) is 50.0 Å². The van der Waals surface area contributed by atoms with Gasteiger partial charge >= 0.3 is 24.6 Å². The van der Waals surface area contributed by atoms with E-state index in [1.807, 2.05) is 0 Å². The number of alkyl halides is 9. The number of halogens is 9. The van der Waals surface area contributed by atoms with Crippen molar-refractivity contribution in [2.24, 2.45) is 0 Å². The number of carbonyl (C=O) groups is 2. The lowest BCUT2D eigenvalue weighted by Crippen LogP contribution is -2.50. The molecular weight excluding hydrogens is 575 g/mol. The highest BCUT2D eigenvalue weighted by Crippen LogP contribution is 2.45. The van der Waals surface area contributed by atoms with Gasteiger partial charge in [-0.25, -0.2) is 4.79 Å². The summed E-state index contributed by atoms with van der Waals surface area (Å²) in [6, 6.07) is 1.00. The topological polar surface area (TPSA) is 59.1 Å². The zero-order valence-electron chi connectivity index (χ0n) is 21.9. The van der Waals surface area contributed by atoms with Crippen molar-refractivity contribution in [2.75, 3.05) is 25.2 Å². The Morgan fingerprint density at radius 1 is 0.902 bits per heavy atom. The van der Waals surface area contributed by atoms with Crippen LogP contribution in [0.15, 0.2) is 36.4 Å². The Morgan fingerprint density at radius 2 is 1.46 bits per heavy atom. The monoisotopic (exact) mass is 600 g/mol. The lowest BCUT2D eigenvalue weighted by molar-refractivity contribution is -0.143. The van der Waals surface area contributed by atoms with Crippen molar-refractivity contribution >= 4 is 17.7 Å². The second-order valence-corrected chi connectivity index (χ2v) is 9.26. The first-order chi connectivity index (χ1) is 18.9. The second kappa shape index (κ2) is 11.8. The van der Waals surface area contributed by atoms with Crippen LogP contribution >= 0.6 is 0 Å². The van der Waals surface area contributed by atoms with Crippen LogP contribution in [-0.4, -0.2) is 43.3 Å². The fourth-order valence-corrected chi connectivity index (χ4v) is 4.72. The van der Waals surface area contributed by atoms with E-state index in [0.717, 1.165) is 22.8 Å². The summed E-state index contributed by atoms with van der Waals surface area (Å²) in [5.74, 6) is -0.843. The first kappa shape index (κ1) is 32.0. The van der Waals surface area contributed by atoms with Gasteiger partial charge in [0.1, 0.15) is 0 Å². The average Bonchev–Trinajstić information content (AvgIpc) is 2.85. The van der Waals surface area contributed by atoms with E-state index in [-0.39, 0.29) is 37.0 Å². The third kappa shape index (κ3) is 7.24. The van der Waals surface area contributed by atoms with Crippen molar-refractivity contribution in [3.63, 3.8) is 0 Å². The molecule has 0 aliphatic carbocycles. The number of benzene rings is 2. The van der Waals surface area contributed by atoms with Gasteiger partial charge in [0, 0.05) is 20.6 Å². The maximum Gasteiger partial charge on any atom is 0.416 e. The number of fused-ring (bicyclic) bond motifs is 1. The number of carbonyl (C=O) groups excluding carboxylic acids is 2. The molecule has 0 aromatic heterocycles. The number of ether oxygens (including phenoxy) is 2. The maximum absolute atomic E-state index is 13.7. The molecule has 15 heteroatoms. The molecule has 1 aliphatic heterocycles. The fraction of sp³-hybridized carbons (Fsp3) is 0.462. The van der Waals surface area contributed by atoms with E-state index in [1.165, 1.54) is 14.0 Å². The van der Waals surface area contributed by atoms with Gasteiger partial charge in [0.2, 0.25) is 5.91 Å². The molecule has 2 unspecified atom stereocenters. The molecule has 0 bridgehead atoms. The zero-order chi connectivity index (χ0) is 30.9. The molecule has 0 spiro atoms. The molecule has 3 rings (SSSR count). The highest BCUT2D eigenvalue weighted by atomic mass is 19.4. The van der Waals surface area contributed by atoms with Crippen molar-refractivity contribution in [1.82, 2.24) is 4.90 Å². The molecule has 0 saturated heterocycles. The number of nitrogens with zero attached hydrogens (tertiary/aromatic N) is 2. The van der Waals surface area contributed by atoms with E-state index < -0.39 is 71.4 Å². The Kier molecular flexibility index (Phi) is 9.20. The minimum atomic E-state index is -5.15. The number of hydrogen-bond donors (Lipinski definition) is 0. The van der Waals surface area contributed by atoms with Crippen molar-refractivity contribution < 1.29 is 58.6 Å². The first-order valence-electron chi connectivity index (χ1n) is 12.1. The second-order valence-electron chi connectivity index (χ2n) is 9.26. The fourth-order valence-electron chi connectivity index (χ4n) is 4.72. The van der Waals surface area contributed by atoms with E-state index in [0.29, 0.717) is 24.3 Å². The highest BCUT2D eigenvalue weighted by Gasteiger charge is 2.43. The minimum absolute atomic E-state index is 0.0705. The Labute approximate surface area is 228 Å². The number of amides is 2. The van der Waals surface area contributed by atoms with Gasteiger partial charge in [0.25, 0.3) is 0 Å². The van der Waals surface area contributed by atoms with Gasteiger partial charge in [-0.2, -0.15) is 39.5 Å². The van der Waals surface area contributed by atoms with Gasteiger partial charge in [0.15, 0.2) is 0 Å². The summed E-state index contributed by atoms with van der Waals surface area (Å²) >= 11 is 0. The van der Waals surface area contributed by atoms with Gasteiger partial charge in [0.05, 0.1) is 47.7 Å². The standard InChI is InChI=1S/C26H25F9N2O4/c1-4-41-23(39)37-19(13-40-3)11-22(20-10-16(24(27,28)29)5-6-21(20)37)36(14(2)38)12-15-7-17(25(30,31)32)9-18(8-15)26(33,34)35/h5-10,19,22H,4,11-13H2,1-3H3. The van der Waals surface area contributed by atoms with Crippen LogP contribution in [0.1, 0.15) is 54.1 Å². The molecule has 2 aromatic rings. The van der Waals surface area contributed by atoms with Gasteiger partial charge in [-0.15, -0.1) is 0 Å². The summed E-state index contributed by atoms with van der Waals surface area (Å²) < 4.78 is 132. The summed E-state index contributed by atoms with van der Waals surface area (Å²) in [5, 5.41) is 0. The summed E-state index contributed by atoms with van der Waals surface area (Å²) in [6.45, 7) is 1.43. The van der Waals surface area contributed by atoms with Gasteiger partial charge in [-0.1, -0.05) is 0 Å². The molecule has 0 saturated carbocycles. The summed E-state index contributed by atoms with van der Waals surface area (Å²) in [6.07, 6.45) is -16.3. The number of methoxy groups -OCH3 is 1. The van der Waals surface area contributed by atoms with Crippen LogP contribution in [0, 0.1) is 0 Å². The Morgan fingerprint density at radius 3 is 1.93 bits per heavy atom. The Balaban J connectivity index is 2.21. The number of anilines is 1. The zero-order valence-corrected chi connectivity index (χ0v) is 21.9. The minimum Gasteiger partial charge on any atom is -0.449 e. The molecule has 6 nitrogen and oxygen atoms in total. The lowest BCUT2D eigenvalue weighted by atomic mass is 9.88. The predicted octanol–water partition coefficient (Wildman–Crippen LogP) is 7.21. The maximum atomic E-state index is 13.7. The summed E-state index contributed by atoms with van der Waals surface area (Å²) in [5.41, 5.74) is -5.19. The van der Waals surface area contributed by atoms with Crippen LogP contribution in [0.5, 0.6) is 0 Å². The quantitative estimate of drug-likeness (QED) is 0.329. The molecule has 0 N–H and O–H groups in total. The molecule has 226 valence electrons. The van der Waals surface area contributed by atoms with E-state index >= 15 is 0 Å². The molecule has 1 heterocycles. The van der Waals surface area contributed by atoms with Crippen LogP contribution in [-0.2, 0) is 39.3 Å². The lowest BCUT2D eigenvalue weighted by Gasteiger charge is -2.44. The molecule has 0 fully saturated rings. The van der Waals surface area contributed by atoms with Crippen LogP contribution in [0.3, 0.4) is 0 Å². The molecule has 1 aliphatic rings. The van der Waals surface area contributed by atoms with E-state index in [9.17, 15) is 49.1 Å².